The number of ether oxygens (including phenoxy) is 2. The van der Waals surface area contributed by atoms with Gasteiger partial charge in [-0.3, -0.25) is 9.59 Å². The Morgan fingerprint density at radius 3 is 2.44 bits per heavy atom. The van der Waals surface area contributed by atoms with E-state index in [1.165, 1.54) is 26.5 Å². The number of nitrogens with one attached hydrogen (secondary N) is 2. The summed E-state index contributed by atoms with van der Waals surface area (Å²) in [5, 5.41) is 16.0. The second-order valence-electron chi connectivity index (χ2n) is 5.59. The molecule has 0 spiro atoms. The molecule has 3 N–H and O–H groups in total. The zero-order valence-electron chi connectivity index (χ0n) is 15.2. The zero-order valence-corrected chi connectivity index (χ0v) is 15.2. The first-order chi connectivity index (χ1) is 12.9. The van der Waals surface area contributed by atoms with Gasteiger partial charge in [0, 0.05) is 5.56 Å². The number of hydrazone groups is 1. The SMILES string of the molecule is COc1ccc(C(=O)NC(C)C(=O)NN=Cc2ccc(O)c(OC)c2)cc1. The van der Waals surface area contributed by atoms with Gasteiger partial charge in [-0.15, -0.1) is 0 Å². The van der Waals surface area contributed by atoms with Crippen LogP contribution >= 0.6 is 0 Å². The molecule has 0 aliphatic rings. The number of carbonyl (C=O) groups is 2. The first-order valence-corrected chi connectivity index (χ1v) is 8.09. The number of phenols is 1. The number of phenolic OH excluding ortho intramolecular Hbond substituents is 1. The van der Waals surface area contributed by atoms with Gasteiger partial charge < -0.3 is 19.9 Å². The summed E-state index contributed by atoms with van der Waals surface area (Å²) in [5.74, 6) is 0.0860. The average Bonchev–Trinajstić information content (AvgIpc) is 2.69. The third-order valence-electron chi connectivity index (χ3n) is 3.69. The Bertz CT molecular complexity index is 834. The molecule has 0 aromatic heterocycles. The number of aromatic hydroxyl groups is 1. The highest BCUT2D eigenvalue weighted by Gasteiger charge is 2.16. The summed E-state index contributed by atoms with van der Waals surface area (Å²) in [6, 6.07) is 10.4. The zero-order chi connectivity index (χ0) is 19.8. The van der Waals surface area contributed by atoms with Gasteiger partial charge in [0.1, 0.15) is 11.8 Å². The molecular weight excluding hydrogens is 350 g/mol. The highest BCUT2D eigenvalue weighted by atomic mass is 16.5. The number of nitrogens with zero attached hydrogens (tertiary/aromatic N) is 1. The molecule has 142 valence electrons. The maximum Gasteiger partial charge on any atom is 0.262 e. The first-order valence-electron chi connectivity index (χ1n) is 8.09. The van der Waals surface area contributed by atoms with E-state index in [2.05, 4.69) is 15.8 Å². The molecule has 0 fully saturated rings. The largest absolute Gasteiger partial charge is 0.504 e. The second kappa shape index (κ2) is 9.23. The van der Waals surface area contributed by atoms with Crippen LogP contribution in [0.15, 0.2) is 47.6 Å². The fraction of sp³-hybridized carbons (Fsp3) is 0.211. The van der Waals surface area contributed by atoms with Gasteiger partial charge >= 0.3 is 0 Å². The molecule has 1 atom stereocenters. The van der Waals surface area contributed by atoms with E-state index in [0.717, 1.165) is 0 Å². The van der Waals surface area contributed by atoms with Crippen LogP contribution in [-0.4, -0.2) is 43.4 Å². The third kappa shape index (κ3) is 5.46. The minimum absolute atomic E-state index is 0.00792. The number of hydrogen-bond donors (Lipinski definition) is 3. The Morgan fingerprint density at radius 1 is 1.11 bits per heavy atom. The molecule has 2 rings (SSSR count). The molecule has 2 amide bonds. The third-order valence-corrected chi connectivity index (χ3v) is 3.69. The molecule has 0 bridgehead atoms. The van der Waals surface area contributed by atoms with Gasteiger partial charge in [-0.2, -0.15) is 5.10 Å². The molecule has 0 aliphatic carbocycles. The smallest absolute Gasteiger partial charge is 0.262 e. The number of hydrogen-bond acceptors (Lipinski definition) is 6. The molecule has 8 nitrogen and oxygen atoms in total. The van der Waals surface area contributed by atoms with Gasteiger partial charge in [0.05, 0.1) is 20.4 Å². The minimum Gasteiger partial charge on any atom is -0.504 e. The Morgan fingerprint density at radius 2 is 1.81 bits per heavy atom. The lowest BCUT2D eigenvalue weighted by Gasteiger charge is -2.12. The van der Waals surface area contributed by atoms with Crippen molar-refractivity contribution in [3.8, 4) is 17.2 Å². The van der Waals surface area contributed by atoms with Crippen LogP contribution in [0, 0.1) is 0 Å². The van der Waals surface area contributed by atoms with Crippen molar-refractivity contribution in [1.82, 2.24) is 10.7 Å². The Hall–Kier alpha value is -3.55. The van der Waals surface area contributed by atoms with Crippen molar-refractivity contribution >= 4 is 18.0 Å². The fourth-order valence-corrected chi connectivity index (χ4v) is 2.13. The molecule has 0 aliphatic heterocycles. The second-order valence-corrected chi connectivity index (χ2v) is 5.59. The van der Waals surface area contributed by atoms with Crippen molar-refractivity contribution in [2.24, 2.45) is 5.10 Å². The van der Waals surface area contributed by atoms with Crippen LogP contribution < -0.4 is 20.2 Å². The fourth-order valence-electron chi connectivity index (χ4n) is 2.13. The average molecular weight is 371 g/mol. The lowest BCUT2D eigenvalue weighted by molar-refractivity contribution is -0.122. The summed E-state index contributed by atoms with van der Waals surface area (Å²) in [5.41, 5.74) is 3.39. The number of methoxy groups -OCH3 is 2. The van der Waals surface area contributed by atoms with Crippen LogP contribution in [0.3, 0.4) is 0 Å². The molecule has 1 unspecified atom stereocenters. The molecule has 27 heavy (non-hydrogen) atoms. The highest BCUT2D eigenvalue weighted by Crippen LogP contribution is 2.25. The van der Waals surface area contributed by atoms with Gasteiger partial charge in [0.15, 0.2) is 11.5 Å². The Labute approximate surface area is 156 Å². The van der Waals surface area contributed by atoms with Crippen LogP contribution in [0.4, 0.5) is 0 Å². The van der Waals surface area contributed by atoms with E-state index >= 15 is 0 Å². The summed E-state index contributed by atoms with van der Waals surface area (Å²) in [4.78, 5) is 24.2. The van der Waals surface area contributed by atoms with Gasteiger partial charge in [0.2, 0.25) is 0 Å². The number of amides is 2. The Kier molecular flexibility index (Phi) is 6.76. The molecule has 0 saturated carbocycles. The van der Waals surface area contributed by atoms with Crippen LogP contribution in [0.1, 0.15) is 22.8 Å². The van der Waals surface area contributed by atoms with Crippen molar-refractivity contribution in [1.29, 1.82) is 0 Å². The summed E-state index contributed by atoms with van der Waals surface area (Å²) in [6.45, 7) is 1.55. The van der Waals surface area contributed by atoms with Gasteiger partial charge in [-0.25, -0.2) is 5.43 Å². The number of rotatable bonds is 7. The van der Waals surface area contributed by atoms with Crippen molar-refractivity contribution in [2.45, 2.75) is 13.0 Å². The molecular formula is C19H21N3O5. The normalized spacial score (nSPS) is 11.7. The van der Waals surface area contributed by atoms with E-state index in [4.69, 9.17) is 9.47 Å². The molecule has 8 heteroatoms. The van der Waals surface area contributed by atoms with Crippen molar-refractivity contribution < 1.29 is 24.2 Å². The quantitative estimate of drug-likeness (QED) is 0.507. The topological polar surface area (TPSA) is 109 Å². The van der Waals surface area contributed by atoms with Crippen LogP contribution in [0.25, 0.3) is 0 Å². The summed E-state index contributed by atoms with van der Waals surface area (Å²) >= 11 is 0. The monoisotopic (exact) mass is 371 g/mol. The summed E-state index contributed by atoms with van der Waals surface area (Å²) < 4.78 is 10.0. The van der Waals surface area contributed by atoms with E-state index < -0.39 is 11.9 Å². The van der Waals surface area contributed by atoms with Crippen molar-refractivity contribution in [3.05, 3.63) is 53.6 Å². The van der Waals surface area contributed by atoms with E-state index in [0.29, 0.717) is 22.6 Å². The van der Waals surface area contributed by atoms with Gasteiger partial charge in [-0.1, -0.05) is 0 Å². The van der Waals surface area contributed by atoms with E-state index in [1.54, 1.807) is 43.3 Å². The molecule has 2 aromatic rings. The lowest BCUT2D eigenvalue weighted by Crippen LogP contribution is -2.43. The molecule has 0 radical (unpaired) electrons. The standard InChI is InChI=1S/C19H21N3O5/c1-12(21-19(25)14-5-7-15(26-2)8-6-14)18(24)22-20-11-13-4-9-16(23)17(10-13)27-3/h4-12,23H,1-3H3,(H,21,25)(H,22,24). The maximum absolute atomic E-state index is 12.1. The predicted molar refractivity (Wildman–Crippen MR) is 100 cm³/mol. The molecule has 0 heterocycles. The van der Waals surface area contributed by atoms with Crippen LogP contribution in [-0.2, 0) is 4.79 Å². The minimum atomic E-state index is -0.786. The predicted octanol–water partition coefficient (Wildman–Crippen LogP) is 1.68. The summed E-state index contributed by atoms with van der Waals surface area (Å²) in [7, 11) is 2.97. The van der Waals surface area contributed by atoms with Crippen LogP contribution in [0.5, 0.6) is 17.2 Å². The molecule has 0 saturated heterocycles. The molecule has 2 aromatic carbocycles. The van der Waals surface area contributed by atoms with Crippen molar-refractivity contribution in [3.63, 3.8) is 0 Å². The lowest BCUT2D eigenvalue weighted by atomic mass is 10.2. The van der Waals surface area contributed by atoms with E-state index in [1.807, 2.05) is 0 Å². The number of carbonyl (C=O) groups excluding carboxylic acids is 2. The Balaban J connectivity index is 1.90. The van der Waals surface area contributed by atoms with Gasteiger partial charge in [0.25, 0.3) is 11.8 Å². The van der Waals surface area contributed by atoms with Crippen molar-refractivity contribution in [2.75, 3.05) is 14.2 Å². The maximum atomic E-state index is 12.1. The summed E-state index contributed by atoms with van der Waals surface area (Å²) in [6.07, 6.45) is 1.40. The number of benzene rings is 2. The first kappa shape index (κ1) is 19.8. The van der Waals surface area contributed by atoms with Gasteiger partial charge in [-0.05, 0) is 55.0 Å². The van der Waals surface area contributed by atoms with Crippen LogP contribution in [0.2, 0.25) is 0 Å². The highest BCUT2D eigenvalue weighted by molar-refractivity contribution is 5.97. The van der Waals surface area contributed by atoms with E-state index in [9.17, 15) is 14.7 Å². The van der Waals surface area contributed by atoms with E-state index in [-0.39, 0.29) is 11.7 Å².